The molecule has 0 saturated heterocycles. The van der Waals surface area contributed by atoms with Gasteiger partial charge in [0.25, 0.3) is 5.91 Å². The van der Waals surface area contributed by atoms with Crippen molar-refractivity contribution in [3.8, 4) is 17.0 Å². The normalized spacial score (nSPS) is 20.7. The molecule has 174 valence electrons. The predicted molar refractivity (Wildman–Crippen MR) is 129 cm³/mol. The summed E-state index contributed by atoms with van der Waals surface area (Å²) in [4.78, 5) is 25.8. The largest absolute Gasteiger partial charge is 0.493 e. The van der Waals surface area contributed by atoms with E-state index in [9.17, 15) is 4.79 Å². The number of aromatic amines is 1. The Morgan fingerprint density at radius 2 is 1.97 bits per heavy atom. The van der Waals surface area contributed by atoms with Crippen LogP contribution in [0.2, 0.25) is 0 Å². The Morgan fingerprint density at radius 1 is 1.18 bits per heavy atom. The number of aryl methyl sites for hydroxylation is 2. The zero-order chi connectivity index (χ0) is 22.9. The van der Waals surface area contributed by atoms with Crippen LogP contribution in [0.15, 0.2) is 24.5 Å². The van der Waals surface area contributed by atoms with Gasteiger partial charge in [-0.05, 0) is 75.5 Å². The molecule has 0 radical (unpaired) electrons. The molecule has 0 unspecified atom stereocenters. The molecular formula is C26H33N5O2. The Labute approximate surface area is 194 Å². The van der Waals surface area contributed by atoms with Gasteiger partial charge >= 0.3 is 0 Å². The van der Waals surface area contributed by atoms with Gasteiger partial charge in [0.1, 0.15) is 23.3 Å². The van der Waals surface area contributed by atoms with E-state index in [1.807, 2.05) is 13.0 Å². The van der Waals surface area contributed by atoms with Gasteiger partial charge in [-0.25, -0.2) is 9.97 Å². The van der Waals surface area contributed by atoms with Crippen LogP contribution in [-0.4, -0.2) is 39.5 Å². The highest BCUT2D eigenvalue weighted by molar-refractivity contribution is 6.09. The number of H-pyrrole nitrogens is 1. The number of nitrogens with zero attached hydrogens (tertiary/aromatic N) is 2. The number of rotatable bonds is 7. The van der Waals surface area contributed by atoms with Crippen molar-refractivity contribution in [2.24, 2.45) is 11.7 Å². The Hall–Kier alpha value is -2.93. The molecule has 1 aromatic carbocycles. The fourth-order valence-corrected chi connectivity index (χ4v) is 4.72. The second kappa shape index (κ2) is 9.14. The van der Waals surface area contributed by atoms with E-state index in [1.165, 1.54) is 18.4 Å². The summed E-state index contributed by atoms with van der Waals surface area (Å²) in [6, 6.07) is 6.71. The lowest BCUT2D eigenvalue weighted by Gasteiger charge is -2.26. The lowest BCUT2D eigenvalue weighted by Crippen LogP contribution is -2.40. The molecule has 2 heterocycles. The third-order valence-corrected chi connectivity index (χ3v) is 6.98. The molecule has 0 spiro atoms. The molecule has 0 atom stereocenters. The number of fused-ring (bicyclic) bond motifs is 1. The molecule has 0 bridgehead atoms. The van der Waals surface area contributed by atoms with Gasteiger partial charge in [0.2, 0.25) is 0 Å². The number of ether oxygens (including phenoxy) is 1. The van der Waals surface area contributed by atoms with Crippen molar-refractivity contribution in [2.75, 3.05) is 6.61 Å². The summed E-state index contributed by atoms with van der Waals surface area (Å²) >= 11 is 0. The minimum atomic E-state index is -0.0867. The van der Waals surface area contributed by atoms with Gasteiger partial charge in [-0.3, -0.25) is 4.79 Å². The highest BCUT2D eigenvalue weighted by Gasteiger charge is 2.26. The van der Waals surface area contributed by atoms with Crippen molar-refractivity contribution in [1.29, 1.82) is 0 Å². The van der Waals surface area contributed by atoms with E-state index in [-0.39, 0.29) is 18.0 Å². The number of benzene rings is 1. The first-order valence-electron chi connectivity index (χ1n) is 12.2. The summed E-state index contributed by atoms with van der Waals surface area (Å²) in [5, 5.41) is 3.20. The van der Waals surface area contributed by atoms with E-state index in [1.54, 1.807) is 6.33 Å². The van der Waals surface area contributed by atoms with Crippen LogP contribution in [0.25, 0.3) is 22.3 Å². The topological polar surface area (TPSA) is 106 Å². The van der Waals surface area contributed by atoms with Crippen LogP contribution in [0.5, 0.6) is 5.75 Å². The minimum Gasteiger partial charge on any atom is -0.493 e. The molecule has 4 N–H and O–H groups in total. The van der Waals surface area contributed by atoms with Crippen LogP contribution in [0.4, 0.5) is 0 Å². The summed E-state index contributed by atoms with van der Waals surface area (Å²) in [7, 11) is 0. The molecule has 7 heteroatoms. The number of nitrogens with two attached hydrogens (primary N) is 1. The van der Waals surface area contributed by atoms with E-state index in [0.717, 1.165) is 66.9 Å². The van der Waals surface area contributed by atoms with Crippen LogP contribution < -0.4 is 15.8 Å². The van der Waals surface area contributed by atoms with Gasteiger partial charge in [0, 0.05) is 23.3 Å². The lowest BCUT2D eigenvalue weighted by molar-refractivity contribution is 0.0927. The molecule has 3 aromatic rings. The van der Waals surface area contributed by atoms with Crippen LogP contribution in [0, 0.1) is 12.8 Å². The summed E-state index contributed by atoms with van der Waals surface area (Å²) in [5.74, 6) is 1.40. The van der Waals surface area contributed by atoms with Crippen LogP contribution in [-0.2, 0) is 6.42 Å². The summed E-state index contributed by atoms with van der Waals surface area (Å²) < 4.78 is 6.19. The van der Waals surface area contributed by atoms with E-state index in [4.69, 9.17) is 10.5 Å². The van der Waals surface area contributed by atoms with E-state index in [0.29, 0.717) is 17.0 Å². The Kier molecular flexibility index (Phi) is 6.06. The van der Waals surface area contributed by atoms with Gasteiger partial charge in [0.15, 0.2) is 0 Å². The zero-order valence-corrected chi connectivity index (χ0v) is 19.5. The zero-order valence-electron chi connectivity index (χ0n) is 19.5. The van der Waals surface area contributed by atoms with Crippen LogP contribution in [0.1, 0.15) is 67.1 Å². The van der Waals surface area contributed by atoms with Crippen molar-refractivity contribution >= 4 is 16.9 Å². The van der Waals surface area contributed by atoms with Crippen LogP contribution >= 0.6 is 0 Å². The van der Waals surface area contributed by atoms with Crippen molar-refractivity contribution in [1.82, 2.24) is 20.3 Å². The van der Waals surface area contributed by atoms with E-state index >= 15 is 0 Å². The minimum absolute atomic E-state index is 0.0867. The second-order valence-electron chi connectivity index (χ2n) is 9.59. The molecule has 2 fully saturated rings. The number of aromatic nitrogens is 3. The van der Waals surface area contributed by atoms with Gasteiger partial charge in [-0.15, -0.1) is 0 Å². The standard InChI is InChI=1S/C26H33N5O2/c1-3-16-6-11-21(33-13-17-4-5-17)20(12-16)23-25-24(29-14-28-23)22(15(2)30-25)26(32)31-19-9-7-18(27)8-10-19/h6,11-12,14,17-19,30H,3-5,7-10,13,27H2,1-2H3,(H,31,32)/t18-,19-. The molecule has 33 heavy (non-hydrogen) atoms. The monoisotopic (exact) mass is 447 g/mol. The highest BCUT2D eigenvalue weighted by atomic mass is 16.5. The first-order chi connectivity index (χ1) is 16.0. The average molecular weight is 448 g/mol. The molecule has 5 rings (SSSR count). The molecular weight excluding hydrogens is 414 g/mol. The third-order valence-electron chi connectivity index (χ3n) is 6.98. The number of amides is 1. The molecule has 7 nitrogen and oxygen atoms in total. The quantitative estimate of drug-likeness (QED) is 0.501. The van der Waals surface area contributed by atoms with Gasteiger partial charge in [-0.1, -0.05) is 13.0 Å². The maximum atomic E-state index is 13.2. The van der Waals surface area contributed by atoms with Gasteiger partial charge in [-0.2, -0.15) is 0 Å². The molecule has 2 aromatic heterocycles. The second-order valence-corrected chi connectivity index (χ2v) is 9.59. The third kappa shape index (κ3) is 4.60. The SMILES string of the molecule is CCc1ccc(OCC2CC2)c(-c2ncnc3c(C(=O)N[C@H]4CC[C@H](N)CC4)c(C)[nH]c23)c1. The lowest BCUT2D eigenvalue weighted by atomic mass is 9.91. The van der Waals surface area contributed by atoms with Crippen LogP contribution in [0.3, 0.4) is 0 Å². The van der Waals surface area contributed by atoms with E-state index < -0.39 is 0 Å². The fraction of sp³-hybridized carbons (Fsp3) is 0.500. The van der Waals surface area contributed by atoms with Gasteiger partial charge < -0.3 is 20.8 Å². The molecule has 1 amide bonds. The maximum Gasteiger partial charge on any atom is 0.255 e. The van der Waals surface area contributed by atoms with Crippen molar-refractivity contribution < 1.29 is 9.53 Å². The molecule has 2 saturated carbocycles. The Balaban J connectivity index is 1.50. The Morgan fingerprint density at radius 3 is 2.70 bits per heavy atom. The van der Waals surface area contributed by atoms with Crippen molar-refractivity contribution in [3.05, 3.63) is 41.3 Å². The smallest absolute Gasteiger partial charge is 0.255 e. The maximum absolute atomic E-state index is 13.2. The molecule has 2 aliphatic carbocycles. The van der Waals surface area contributed by atoms with Crippen molar-refractivity contribution in [2.45, 2.75) is 70.9 Å². The first kappa shape index (κ1) is 21.9. The van der Waals surface area contributed by atoms with Crippen molar-refractivity contribution in [3.63, 3.8) is 0 Å². The summed E-state index contributed by atoms with van der Waals surface area (Å²) in [6.07, 6.45) is 8.67. The number of hydrogen-bond acceptors (Lipinski definition) is 5. The predicted octanol–water partition coefficient (Wildman–Crippen LogP) is 4.28. The molecule has 2 aliphatic rings. The molecule has 0 aliphatic heterocycles. The first-order valence-corrected chi connectivity index (χ1v) is 12.2. The Bertz CT molecular complexity index is 1160. The number of carbonyl (C=O) groups excluding carboxylic acids is 1. The number of nitrogens with one attached hydrogen (secondary N) is 2. The average Bonchev–Trinajstić information content (AvgIpc) is 3.58. The fourth-order valence-electron chi connectivity index (χ4n) is 4.72. The summed E-state index contributed by atoms with van der Waals surface area (Å²) in [5.41, 5.74) is 11.8. The summed E-state index contributed by atoms with van der Waals surface area (Å²) in [6.45, 7) is 4.79. The highest BCUT2D eigenvalue weighted by Crippen LogP contribution is 2.37. The number of hydrogen-bond donors (Lipinski definition) is 3. The van der Waals surface area contributed by atoms with E-state index in [2.05, 4.69) is 39.3 Å². The van der Waals surface area contributed by atoms with Gasteiger partial charge in [0.05, 0.1) is 17.7 Å². The number of carbonyl (C=O) groups is 1.